The van der Waals surface area contributed by atoms with Crippen molar-refractivity contribution in [1.82, 2.24) is 14.9 Å². The van der Waals surface area contributed by atoms with Gasteiger partial charge in [0.1, 0.15) is 6.04 Å². The molecule has 0 radical (unpaired) electrons. The number of nitrogens with zero attached hydrogens (tertiary/aromatic N) is 2. The number of hydrogen-bond donors (Lipinski definition) is 2. The Morgan fingerprint density at radius 2 is 1.77 bits per heavy atom. The highest BCUT2D eigenvalue weighted by Crippen LogP contribution is 2.36. The molecule has 2 N–H and O–H groups in total. The molecular formula is C23H27N3O3S. The van der Waals surface area contributed by atoms with Crippen molar-refractivity contribution in [2.24, 2.45) is 0 Å². The number of carbonyl (C=O) groups excluding carboxylic acids is 1. The number of hydrogen-bond acceptors (Lipinski definition) is 4. The lowest BCUT2D eigenvalue weighted by atomic mass is 9.95. The third-order valence-electron chi connectivity index (χ3n) is 5.03. The van der Waals surface area contributed by atoms with Gasteiger partial charge in [-0.2, -0.15) is 0 Å². The summed E-state index contributed by atoms with van der Waals surface area (Å²) in [6.45, 7) is 9.34. The van der Waals surface area contributed by atoms with Crippen molar-refractivity contribution in [2.75, 3.05) is 0 Å². The van der Waals surface area contributed by atoms with E-state index in [1.807, 2.05) is 22.9 Å². The summed E-state index contributed by atoms with van der Waals surface area (Å²) >= 11 is 1.30. The highest BCUT2D eigenvalue weighted by atomic mass is 32.2. The summed E-state index contributed by atoms with van der Waals surface area (Å²) in [5.41, 5.74) is 2.27. The Morgan fingerprint density at radius 1 is 1.10 bits per heavy atom. The van der Waals surface area contributed by atoms with Crippen LogP contribution in [0.1, 0.15) is 46.1 Å². The lowest BCUT2D eigenvalue weighted by molar-refractivity contribution is -0.141. The fourth-order valence-electron chi connectivity index (χ4n) is 3.28. The maximum Gasteiger partial charge on any atom is 0.325 e. The molecule has 0 fully saturated rings. The number of amides is 1. The Kier molecular flexibility index (Phi) is 6.22. The smallest absolute Gasteiger partial charge is 0.325 e. The normalized spacial score (nSPS) is 12.9. The standard InChI is InChI=1S/C23H27N3O3S/c1-14(2)16-10-11-19(18-9-7-6-8-17(16)18)26-13-12-24-22(26)30-23(4,5)21(29)25-15(3)20(27)28/h6-15H,1-5H3,(H,25,29)(H,27,28). The maximum absolute atomic E-state index is 12.7. The highest BCUT2D eigenvalue weighted by molar-refractivity contribution is 8.01. The zero-order chi connectivity index (χ0) is 22.1. The first-order valence-corrected chi connectivity index (χ1v) is 10.7. The zero-order valence-corrected chi connectivity index (χ0v) is 18.7. The molecule has 1 atom stereocenters. The van der Waals surface area contributed by atoms with Crippen LogP contribution in [-0.4, -0.2) is 37.3 Å². The summed E-state index contributed by atoms with van der Waals surface area (Å²) in [4.78, 5) is 28.2. The first-order chi connectivity index (χ1) is 14.1. The number of carbonyl (C=O) groups is 2. The first-order valence-electron chi connectivity index (χ1n) is 9.90. The molecular weight excluding hydrogens is 398 g/mol. The third-order valence-corrected chi connectivity index (χ3v) is 6.21. The predicted molar refractivity (Wildman–Crippen MR) is 120 cm³/mol. The number of nitrogens with one attached hydrogen (secondary N) is 1. The molecule has 6 nitrogen and oxygen atoms in total. The molecule has 1 aromatic heterocycles. The number of fused-ring (bicyclic) bond motifs is 1. The minimum absolute atomic E-state index is 0.350. The molecule has 3 aromatic rings. The van der Waals surface area contributed by atoms with Crippen molar-refractivity contribution < 1.29 is 14.7 Å². The van der Waals surface area contributed by atoms with Crippen LogP contribution in [0.3, 0.4) is 0 Å². The number of carboxylic acid groups (broad SMARTS) is 1. The second-order valence-electron chi connectivity index (χ2n) is 8.10. The number of imidazole rings is 1. The van der Waals surface area contributed by atoms with Crippen LogP contribution in [0.2, 0.25) is 0 Å². The Balaban J connectivity index is 1.97. The quantitative estimate of drug-likeness (QED) is 0.540. The van der Waals surface area contributed by atoms with Gasteiger partial charge in [0.15, 0.2) is 5.16 Å². The molecule has 7 heteroatoms. The predicted octanol–water partition coefficient (Wildman–Crippen LogP) is 4.61. The summed E-state index contributed by atoms with van der Waals surface area (Å²) in [5, 5.41) is 14.6. The van der Waals surface area contributed by atoms with Gasteiger partial charge in [-0.3, -0.25) is 14.2 Å². The Hall–Kier alpha value is -2.80. The maximum atomic E-state index is 12.7. The minimum atomic E-state index is -1.07. The lowest BCUT2D eigenvalue weighted by Gasteiger charge is -2.24. The van der Waals surface area contributed by atoms with Gasteiger partial charge in [0.2, 0.25) is 5.91 Å². The number of rotatable bonds is 7. The molecule has 3 rings (SSSR count). The van der Waals surface area contributed by atoms with E-state index < -0.39 is 16.8 Å². The van der Waals surface area contributed by atoms with Gasteiger partial charge in [-0.25, -0.2) is 4.98 Å². The fraction of sp³-hybridized carbons (Fsp3) is 0.348. The molecule has 1 unspecified atom stereocenters. The zero-order valence-electron chi connectivity index (χ0n) is 17.8. The first kappa shape index (κ1) is 21.9. The lowest BCUT2D eigenvalue weighted by Crippen LogP contribution is -2.47. The summed E-state index contributed by atoms with van der Waals surface area (Å²) in [6.07, 6.45) is 3.59. The van der Waals surface area contributed by atoms with E-state index in [-0.39, 0.29) is 5.91 Å². The largest absolute Gasteiger partial charge is 0.480 e. The second kappa shape index (κ2) is 8.52. The number of aromatic nitrogens is 2. The van der Waals surface area contributed by atoms with Gasteiger partial charge in [0, 0.05) is 17.8 Å². The highest BCUT2D eigenvalue weighted by Gasteiger charge is 2.33. The van der Waals surface area contributed by atoms with E-state index in [4.69, 9.17) is 5.11 Å². The van der Waals surface area contributed by atoms with Crippen molar-refractivity contribution in [2.45, 2.75) is 56.5 Å². The SMILES string of the molecule is CC(NC(=O)C(C)(C)Sc1nccn1-c1ccc(C(C)C)c2ccccc12)C(=O)O. The molecule has 1 amide bonds. The fourth-order valence-corrected chi connectivity index (χ4v) is 4.25. The van der Waals surface area contributed by atoms with Gasteiger partial charge in [0.05, 0.1) is 10.4 Å². The van der Waals surface area contributed by atoms with Crippen molar-refractivity contribution in [3.63, 3.8) is 0 Å². The van der Waals surface area contributed by atoms with E-state index in [1.165, 1.54) is 29.6 Å². The summed E-state index contributed by atoms with van der Waals surface area (Å²) in [7, 11) is 0. The van der Waals surface area contributed by atoms with Crippen molar-refractivity contribution in [3.05, 3.63) is 54.4 Å². The third kappa shape index (κ3) is 4.36. The molecule has 0 saturated heterocycles. The van der Waals surface area contributed by atoms with Crippen LogP contribution in [0, 0.1) is 0 Å². The molecule has 0 aliphatic carbocycles. The number of aliphatic carboxylic acids is 1. The molecule has 0 spiro atoms. The average molecular weight is 426 g/mol. The topological polar surface area (TPSA) is 84.2 Å². The minimum Gasteiger partial charge on any atom is -0.480 e. The molecule has 0 bridgehead atoms. The Bertz CT molecular complexity index is 1090. The summed E-state index contributed by atoms with van der Waals surface area (Å²) in [5.74, 6) is -1.02. The molecule has 30 heavy (non-hydrogen) atoms. The van der Waals surface area contributed by atoms with Crippen LogP contribution in [0.5, 0.6) is 0 Å². The molecule has 0 aliphatic rings. The van der Waals surface area contributed by atoms with E-state index in [9.17, 15) is 9.59 Å². The summed E-state index contributed by atoms with van der Waals surface area (Å²) in [6, 6.07) is 11.6. The molecule has 158 valence electrons. The van der Waals surface area contributed by atoms with Gasteiger partial charge in [-0.15, -0.1) is 0 Å². The van der Waals surface area contributed by atoms with E-state index in [0.29, 0.717) is 11.1 Å². The van der Waals surface area contributed by atoms with E-state index in [2.05, 4.69) is 48.4 Å². The van der Waals surface area contributed by atoms with Gasteiger partial charge >= 0.3 is 5.97 Å². The average Bonchev–Trinajstić information content (AvgIpc) is 3.13. The summed E-state index contributed by atoms with van der Waals surface area (Å²) < 4.78 is 1.08. The van der Waals surface area contributed by atoms with Crippen molar-refractivity contribution >= 4 is 34.4 Å². The van der Waals surface area contributed by atoms with Crippen molar-refractivity contribution in [3.8, 4) is 5.69 Å². The van der Waals surface area contributed by atoms with Gasteiger partial charge in [0.25, 0.3) is 0 Å². The monoisotopic (exact) mass is 425 g/mol. The van der Waals surface area contributed by atoms with Crippen LogP contribution in [0.15, 0.2) is 53.9 Å². The Labute approximate surface area is 180 Å². The molecule has 0 aliphatic heterocycles. The van der Waals surface area contributed by atoms with Crippen LogP contribution < -0.4 is 5.32 Å². The van der Waals surface area contributed by atoms with E-state index in [1.54, 1.807) is 20.0 Å². The number of thioether (sulfide) groups is 1. The van der Waals surface area contributed by atoms with E-state index in [0.717, 1.165) is 11.1 Å². The van der Waals surface area contributed by atoms with Crippen molar-refractivity contribution in [1.29, 1.82) is 0 Å². The van der Waals surface area contributed by atoms with Crippen LogP contribution in [0.25, 0.3) is 16.5 Å². The molecule has 1 heterocycles. The van der Waals surface area contributed by atoms with Gasteiger partial charge < -0.3 is 10.4 Å². The molecule has 2 aromatic carbocycles. The number of benzene rings is 2. The van der Waals surface area contributed by atoms with Gasteiger partial charge in [-0.1, -0.05) is 55.9 Å². The van der Waals surface area contributed by atoms with Crippen LogP contribution in [0.4, 0.5) is 0 Å². The Morgan fingerprint density at radius 3 is 2.40 bits per heavy atom. The van der Waals surface area contributed by atoms with Gasteiger partial charge in [-0.05, 0) is 43.7 Å². The second-order valence-corrected chi connectivity index (χ2v) is 9.69. The molecule has 0 saturated carbocycles. The van der Waals surface area contributed by atoms with Crippen LogP contribution in [-0.2, 0) is 9.59 Å². The van der Waals surface area contributed by atoms with Crippen LogP contribution >= 0.6 is 11.8 Å². The number of carboxylic acids is 1. The van der Waals surface area contributed by atoms with E-state index >= 15 is 0 Å².